The number of hydrogen-bond acceptors (Lipinski definition) is 3. The molecule has 3 rings (SSSR count). The Labute approximate surface area is 162 Å². The summed E-state index contributed by atoms with van der Waals surface area (Å²) in [5.41, 5.74) is 3.04. The number of methoxy groups -OCH3 is 1. The van der Waals surface area contributed by atoms with Crippen molar-refractivity contribution in [1.29, 1.82) is 0 Å². The van der Waals surface area contributed by atoms with Crippen LogP contribution in [0.15, 0.2) is 48.5 Å². The van der Waals surface area contributed by atoms with Crippen LogP contribution in [-0.4, -0.2) is 31.0 Å². The van der Waals surface area contributed by atoms with Crippen molar-refractivity contribution < 1.29 is 9.53 Å². The van der Waals surface area contributed by atoms with Crippen LogP contribution in [-0.2, 0) is 6.54 Å². The van der Waals surface area contributed by atoms with Crippen LogP contribution < -0.4 is 10.1 Å². The smallest absolute Gasteiger partial charge is 0.251 e. The van der Waals surface area contributed by atoms with Crippen LogP contribution >= 0.6 is 0 Å². The predicted octanol–water partition coefficient (Wildman–Crippen LogP) is 4.56. The van der Waals surface area contributed by atoms with Gasteiger partial charge in [-0.1, -0.05) is 37.1 Å². The second-order valence-electron chi connectivity index (χ2n) is 7.36. The van der Waals surface area contributed by atoms with E-state index in [2.05, 4.69) is 22.3 Å². The Balaban J connectivity index is 1.56. The second kappa shape index (κ2) is 9.56. The SMILES string of the molecule is COc1ccc([C@@H](C)NC(=O)c2ccc(CN3CCCCCC3)cc2)cc1. The van der Waals surface area contributed by atoms with E-state index in [1.165, 1.54) is 44.3 Å². The molecule has 2 aromatic rings. The molecule has 0 saturated carbocycles. The lowest BCUT2D eigenvalue weighted by Gasteiger charge is -2.20. The van der Waals surface area contributed by atoms with Gasteiger partial charge in [-0.3, -0.25) is 9.69 Å². The number of carbonyl (C=O) groups is 1. The largest absolute Gasteiger partial charge is 0.497 e. The minimum atomic E-state index is -0.0554. The minimum absolute atomic E-state index is 0.0420. The molecule has 1 saturated heterocycles. The zero-order valence-electron chi connectivity index (χ0n) is 16.4. The van der Waals surface area contributed by atoms with Crippen molar-refractivity contribution in [3.05, 3.63) is 65.2 Å². The van der Waals surface area contributed by atoms with Gasteiger partial charge in [-0.2, -0.15) is 0 Å². The number of nitrogens with zero attached hydrogens (tertiary/aromatic N) is 1. The molecule has 1 atom stereocenters. The van der Waals surface area contributed by atoms with Crippen LogP contribution in [0.25, 0.3) is 0 Å². The lowest BCUT2D eigenvalue weighted by Crippen LogP contribution is -2.27. The van der Waals surface area contributed by atoms with Gasteiger partial charge >= 0.3 is 0 Å². The normalized spacial score (nSPS) is 16.4. The van der Waals surface area contributed by atoms with Crippen LogP contribution in [0.5, 0.6) is 5.75 Å². The Morgan fingerprint density at radius 1 is 1.00 bits per heavy atom. The Hall–Kier alpha value is -2.33. The first-order chi connectivity index (χ1) is 13.2. The van der Waals surface area contributed by atoms with Crippen molar-refractivity contribution in [3.8, 4) is 5.75 Å². The molecular weight excluding hydrogens is 336 g/mol. The summed E-state index contributed by atoms with van der Waals surface area (Å²) in [7, 11) is 1.65. The third-order valence-electron chi connectivity index (χ3n) is 5.28. The third kappa shape index (κ3) is 5.57. The summed E-state index contributed by atoms with van der Waals surface area (Å²) in [6.07, 6.45) is 5.29. The number of rotatable bonds is 6. The summed E-state index contributed by atoms with van der Waals surface area (Å²) in [6.45, 7) is 5.33. The number of benzene rings is 2. The molecule has 144 valence electrons. The molecule has 4 nitrogen and oxygen atoms in total. The fourth-order valence-corrected chi connectivity index (χ4v) is 3.57. The molecule has 1 aliphatic heterocycles. The molecule has 4 heteroatoms. The quantitative estimate of drug-likeness (QED) is 0.815. The van der Waals surface area contributed by atoms with Gasteiger partial charge in [0.05, 0.1) is 13.2 Å². The molecule has 0 aliphatic carbocycles. The van der Waals surface area contributed by atoms with E-state index >= 15 is 0 Å². The Morgan fingerprint density at radius 3 is 2.22 bits per heavy atom. The van der Waals surface area contributed by atoms with Crippen LogP contribution in [0.2, 0.25) is 0 Å². The lowest BCUT2D eigenvalue weighted by molar-refractivity contribution is 0.0940. The number of carbonyl (C=O) groups excluding carboxylic acids is 1. The molecule has 0 bridgehead atoms. The maximum absolute atomic E-state index is 12.6. The maximum Gasteiger partial charge on any atom is 0.251 e. The van der Waals surface area contributed by atoms with E-state index in [9.17, 15) is 4.79 Å². The zero-order valence-corrected chi connectivity index (χ0v) is 16.4. The van der Waals surface area contributed by atoms with E-state index in [4.69, 9.17) is 4.74 Å². The van der Waals surface area contributed by atoms with Gasteiger partial charge in [0.15, 0.2) is 0 Å². The fraction of sp³-hybridized carbons (Fsp3) is 0.435. The standard InChI is InChI=1S/C23H30N2O2/c1-18(20-11-13-22(27-2)14-12-20)24-23(26)21-9-7-19(8-10-21)17-25-15-5-3-4-6-16-25/h7-14,18H,3-6,15-17H2,1-2H3,(H,24,26)/t18-/m1/s1. The number of hydrogen-bond donors (Lipinski definition) is 1. The monoisotopic (exact) mass is 366 g/mol. The summed E-state index contributed by atoms with van der Waals surface area (Å²) in [4.78, 5) is 15.1. The Bertz CT molecular complexity index is 717. The van der Waals surface area contributed by atoms with E-state index in [-0.39, 0.29) is 11.9 Å². The molecule has 0 unspecified atom stereocenters. The number of nitrogens with one attached hydrogen (secondary N) is 1. The van der Waals surface area contributed by atoms with Crippen molar-refractivity contribution in [1.82, 2.24) is 10.2 Å². The topological polar surface area (TPSA) is 41.6 Å². The van der Waals surface area contributed by atoms with Crippen molar-refractivity contribution in [2.45, 2.75) is 45.2 Å². The number of likely N-dealkylation sites (tertiary alicyclic amines) is 1. The Kier molecular flexibility index (Phi) is 6.88. The lowest BCUT2D eigenvalue weighted by atomic mass is 10.1. The molecule has 1 fully saturated rings. The molecule has 1 amide bonds. The average Bonchev–Trinajstić information content (AvgIpc) is 2.97. The minimum Gasteiger partial charge on any atom is -0.497 e. The molecule has 27 heavy (non-hydrogen) atoms. The second-order valence-corrected chi connectivity index (χ2v) is 7.36. The van der Waals surface area contributed by atoms with Crippen LogP contribution in [0.3, 0.4) is 0 Å². The van der Waals surface area contributed by atoms with Crippen LogP contribution in [0.1, 0.15) is 60.1 Å². The molecule has 1 aliphatic rings. The highest BCUT2D eigenvalue weighted by molar-refractivity contribution is 5.94. The molecular formula is C23H30N2O2. The zero-order chi connectivity index (χ0) is 19.1. The highest BCUT2D eigenvalue weighted by Crippen LogP contribution is 2.18. The fourth-order valence-electron chi connectivity index (χ4n) is 3.57. The highest BCUT2D eigenvalue weighted by Gasteiger charge is 2.13. The molecule has 1 heterocycles. The molecule has 1 N–H and O–H groups in total. The van der Waals surface area contributed by atoms with Crippen molar-refractivity contribution in [3.63, 3.8) is 0 Å². The van der Waals surface area contributed by atoms with E-state index in [1.807, 2.05) is 43.3 Å². The van der Waals surface area contributed by atoms with E-state index in [0.29, 0.717) is 5.56 Å². The summed E-state index contributed by atoms with van der Waals surface area (Å²) in [5, 5.41) is 3.07. The number of amides is 1. The first-order valence-electron chi connectivity index (χ1n) is 9.92. The van der Waals surface area contributed by atoms with Gasteiger partial charge < -0.3 is 10.1 Å². The van der Waals surface area contributed by atoms with Gasteiger partial charge in [0, 0.05) is 12.1 Å². The van der Waals surface area contributed by atoms with Crippen molar-refractivity contribution in [2.75, 3.05) is 20.2 Å². The first-order valence-corrected chi connectivity index (χ1v) is 9.92. The highest BCUT2D eigenvalue weighted by atomic mass is 16.5. The first kappa shape index (κ1) is 19.4. The van der Waals surface area contributed by atoms with Gasteiger partial charge in [-0.05, 0) is 68.2 Å². The predicted molar refractivity (Wildman–Crippen MR) is 109 cm³/mol. The molecule has 2 aromatic carbocycles. The van der Waals surface area contributed by atoms with Gasteiger partial charge in [0.1, 0.15) is 5.75 Å². The van der Waals surface area contributed by atoms with Crippen LogP contribution in [0.4, 0.5) is 0 Å². The van der Waals surface area contributed by atoms with Gasteiger partial charge in [0.2, 0.25) is 0 Å². The van der Waals surface area contributed by atoms with E-state index < -0.39 is 0 Å². The summed E-state index contributed by atoms with van der Waals surface area (Å²) in [5.74, 6) is 0.775. The van der Waals surface area contributed by atoms with Crippen LogP contribution in [0, 0.1) is 0 Å². The van der Waals surface area contributed by atoms with Gasteiger partial charge in [0.25, 0.3) is 5.91 Å². The third-order valence-corrected chi connectivity index (χ3v) is 5.28. The van der Waals surface area contributed by atoms with E-state index in [0.717, 1.165) is 17.9 Å². The molecule has 0 spiro atoms. The van der Waals surface area contributed by atoms with E-state index in [1.54, 1.807) is 7.11 Å². The van der Waals surface area contributed by atoms with Gasteiger partial charge in [-0.25, -0.2) is 0 Å². The maximum atomic E-state index is 12.6. The summed E-state index contributed by atoms with van der Waals surface area (Å²) in [6, 6.07) is 15.8. The summed E-state index contributed by atoms with van der Waals surface area (Å²) < 4.78 is 5.18. The summed E-state index contributed by atoms with van der Waals surface area (Å²) >= 11 is 0. The number of ether oxygens (including phenoxy) is 1. The Morgan fingerprint density at radius 2 is 1.63 bits per heavy atom. The van der Waals surface area contributed by atoms with Crippen molar-refractivity contribution >= 4 is 5.91 Å². The van der Waals surface area contributed by atoms with Gasteiger partial charge in [-0.15, -0.1) is 0 Å². The average molecular weight is 367 g/mol. The molecule has 0 aromatic heterocycles. The van der Waals surface area contributed by atoms with Crippen molar-refractivity contribution in [2.24, 2.45) is 0 Å². The molecule has 0 radical (unpaired) electrons.